The van der Waals surface area contributed by atoms with Gasteiger partial charge in [-0.1, -0.05) is 13.0 Å². The molecule has 23 heavy (non-hydrogen) atoms. The van der Waals surface area contributed by atoms with E-state index in [-0.39, 0.29) is 5.69 Å². The number of ether oxygens (including phenoxy) is 1. The molecule has 5 heteroatoms. The highest BCUT2D eigenvalue weighted by Gasteiger charge is 2.20. The molecule has 2 rings (SSSR count). The van der Waals surface area contributed by atoms with Crippen LogP contribution in [0.5, 0.6) is 5.75 Å². The van der Waals surface area contributed by atoms with Crippen LogP contribution in [0.2, 0.25) is 0 Å². The van der Waals surface area contributed by atoms with Gasteiger partial charge in [0.25, 0.3) is 5.91 Å². The Morgan fingerprint density at radius 1 is 1.13 bits per heavy atom. The highest BCUT2D eigenvalue weighted by atomic mass is 19.1. The maximum Gasteiger partial charge on any atom is 0.265 e. The summed E-state index contributed by atoms with van der Waals surface area (Å²) in [5.74, 6) is -1.40. The molecular formula is C18H19F2NO2. The van der Waals surface area contributed by atoms with Crippen molar-refractivity contribution in [2.24, 2.45) is 0 Å². The van der Waals surface area contributed by atoms with Crippen molar-refractivity contribution in [3.05, 3.63) is 59.2 Å². The molecule has 2 aromatic rings. The first-order valence-electron chi connectivity index (χ1n) is 7.40. The van der Waals surface area contributed by atoms with Crippen molar-refractivity contribution in [3.8, 4) is 5.75 Å². The van der Waals surface area contributed by atoms with Gasteiger partial charge in [-0.05, 0) is 55.7 Å². The zero-order valence-corrected chi connectivity index (χ0v) is 13.3. The molecule has 0 aliphatic heterocycles. The van der Waals surface area contributed by atoms with Crippen LogP contribution in [0.3, 0.4) is 0 Å². The molecule has 1 atom stereocenters. The molecule has 0 fully saturated rings. The molecule has 0 radical (unpaired) electrons. The lowest BCUT2D eigenvalue weighted by Gasteiger charge is -2.18. The molecule has 122 valence electrons. The fourth-order valence-corrected chi connectivity index (χ4v) is 2.29. The molecule has 2 aromatic carbocycles. The van der Waals surface area contributed by atoms with Crippen molar-refractivity contribution in [3.63, 3.8) is 0 Å². The summed E-state index contributed by atoms with van der Waals surface area (Å²) in [6.07, 6.45) is -0.345. The van der Waals surface area contributed by atoms with Gasteiger partial charge in [0.05, 0.1) is 5.69 Å². The van der Waals surface area contributed by atoms with E-state index in [1.807, 2.05) is 32.0 Å². The second-order valence-corrected chi connectivity index (χ2v) is 5.45. The van der Waals surface area contributed by atoms with Gasteiger partial charge in [0.1, 0.15) is 17.4 Å². The first-order valence-corrected chi connectivity index (χ1v) is 7.40. The van der Waals surface area contributed by atoms with E-state index in [1.54, 1.807) is 6.92 Å². The number of hydrogen-bond donors (Lipinski definition) is 1. The van der Waals surface area contributed by atoms with Crippen molar-refractivity contribution in [2.45, 2.75) is 33.3 Å². The van der Waals surface area contributed by atoms with Crippen molar-refractivity contribution in [1.29, 1.82) is 0 Å². The molecule has 0 saturated carbocycles. The summed E-state index contributed by atoms with van der Waals surface area (Å²) in [5.41, 5.74) is 1.98. The molecule has 0 saturated heterocycles. The van der Waals surface area contributed by atoms with Gasteiger partial charge < -0.3 is 10.1 Å². The fraction of sp³-hybridized carbons (Fsp3) is 0.278. The second-order valence-electron chi connectivity index (χ2n) is 5.45. The first kappa shape index (κ1) is 16.9. The second kappa shape index (κ2) is 7.22. The Labute approximate surface area is 134 Å². The largest absolute Gasteiger partial charge is 0.481 e. The Bertz CT molecular complexity index is 696. The van der Waals surface area contributed by atoms with Crippen LogP contribution in [0, 0.1) is 25.5 Å². The van der Waals surface area contributed by atoms with Crippen LogP contribution < -0.4 is 10.1 Å². The quantitative estimate of drug-likeness (QED) is 0.888. The molecule has 0 heterocycles. The maximum atomic E-state index is 13.6. The molecule has 3 nitrogen and oxygen atoms in total. The number of amides is 1. The third-order valence-electron chi connectivity index (χ3n) is 3.33. The minimum absolute atomic E-state index is 0.0705. The average Bonchev–Trinajstić information content (AvgIpc) is 2.46. The van der Waals surface area contributed by atoms with Gasteiger partial charge in [0.2, 0.25) is 0 Å². The van der Waals surface area contributed by atoms with Crippen molar-refractivity contribution >= 4 is 11.6 Å². The van der Waals surface area contributed by atoms with E-state index in [2.05, 4.69) is 5.32 Å². The zero-order valence-electron chi connectivity index (χ0n) is 13.3. The Morgan fingerprint density at radius 3 is 2.35 bits per heavy atom. The number of hydrogen-bond acceptors (Lipinski definition) is 2. The number of aryl methyl sites for hydroxylation is 2. The number of anilines is 1. The van der Waals surface area contributed by atoms with Crippen molar-refractivity contribution < 1.29 is 18.3 Å². The summed E-state index contributed by atoms with van der Waals surface area (Å²) < 4.78 is 32.2. The van der Waals surface area contributed by atoms with E-state index in [1.165, 1.54) is 6.07 Å². The molecule has 0 unspecified atom stereocenters. The van der Waals surface area contributed by atoms with Crippen LogP contribution in [0.1, 0.15) is 24.5 Å². The summed E-state index contributed by atoms with van der Waals surface area (Å²) >= 11 is 0. The maximum absolute atomic E-state index is 13.6. The average molecular weight is 319 g/mol. The monoisotopic (exact) mass is 319 g/mol. The Morgan fingerprint density at radius 2 is 1.78 bits per heavy atom. The smallest absolute Gasteiger partial charge is 0.265 e. The van der Waals surface area contributed by atoms with Gasteiger partial charge >= 0.3 is 0 Å². The number of halogens is 2. The number of rotatable bonds is 5. The van der Waals surface area contributed by atoms with Gasteiger partial charge in [-0.3, -0.25) is 4.79 Å². The van der Waals surface area contributed by atoms with Crippen LogP contribution >= 0.6 is 0 Å². The number of nitrogens with one attached hydrogen (secondary N) is 1. The summed E-state index contributed by atoms with van der Waals surface area (Å²) in [6.45, 7) is 5.68. The van der Waals surface area contributed by atoms with Crippen LogP contribution in [0.15, 0.2) is 36.4 Å². The topological polar surface area (TPSA) is 38.3 Å². The third kappa shape index (κ3) is 4.52. The van der Waals surface area contributed by atoms with E-state index in [0.29, 0.717) is 12.2 Å². The lowest BCUT2D eigenvalue weighted by molar-refractivity contribution is -0.122. The summed E-state index contributed by atoms with van der Waals surface area (Å²) in [7, 11) is 0. The molecule has 0 aliphatic carbocycles. The van der Waals surface area contributed by atoms with Crippen LogP contribution in [0.4, 0.5) is 14.5 Å². The Kier molecular flexibility index (Phi) is 5.32. The van der Waals surface area contributed by atoms with Crippen molar-refractivity contribution in [1.82, 2.24) is 0 Å². The van der Waals surface area contributed by atoms with Gasteiger partial charge in [-0.25, -0.2) is 8.78 Å². The fourth-order valence-electron chi connectivity index (χ4n) is 2.29. The van der Waals surface area contributed by atoms with Gasteiger partial charge in [-0.15, -0.1) is 0 Å². The molecule has 0 spiro atoms. The normalized spacial score (nSPS) is 11.9. The number of carbonyl (C=O) groups is 1. The van der Waals surface area contributed by atoms with Crippen LogP contribution in [0.25, 0.3) is 0 Å². The lowest BCUT2D eigenvalue weighted by Crippen LogP contribution is -2.32. The zero-order chi connectivity index (χ0) is 17.0. The predicted molar refractivity (Wildman–Crippen MR) is 85.6 cm³/mol. The summed E-state index contributed by atoms with van der Waals surface area (Å²) in [4.78, 5) is 12.3. The van der Waals surface area contributed by atoms with Gasteiger partial charge in [0, 0.05) is 6.07 Å². The molecule has 0 bridgehead atoms. The van der Waals surface area contributed by atoms with E-state index in [0.717, 1.165) is 23.3 Å². The lowest BCUT2D eigenvalue weighted by atomic mass is 10.1. The van der Waals surface area contributed by atoms with E-state index in [9.17, 15) is 13.6 Å². The Hall–Kier alpha value is -2.43. The number of benzene rings is 2. The molecule has 1 amide bonds. The van der Waals surface area contributed by atoms with Gasteiger partial charge in [-0.2, -0.15) is 0 Å². The van der Waals surface area contributed by atoms with Crippen LogP contribution in [-0.4, -0.2) is 12.0 Å². The van der Waals surface area contributed by atoms with E-state index < -0.39 is 23.6 Å². The standard InChI is InChI=1S/C18H19F2NO2/c1-4-17(23-14-8-11(2)7-12(3)9-14)18(22)21-16-6-5-13(19)10-15(16)20/h5-10,17H,4H2,1-3H3,(H,21,22)/t17-/m1/s1. The minimum Gasteiger partial charge on any atom is -0.481 e. The summed E-state index contributed by atoms with van der Waals surface area (Å²) in [5, 5.41) is 2.43. The molecule has 0 aliphatic rings. The highest BCUT2D eigenvalue weighted by molar-refractivity contribution is 5.94. The molecule has 1 N–H and O–H groups in total. The minimum atomic E-state index is -0.820. The number of carbonyl (C=O) groups excluding carboxylic acids is 1. The van der Waals surface area contributed by atoms with E-state index in [4.69, 9.17) is 4.74 Å². The van der Waals surface area contributed by atoms with Crippen molar-refractivity contribution in [2.75, 3.05) is 5.32 Å². The molecular weight excluding hydrogens is 300 g/mol. The van der Waals surface area contributed by atoms with Gasteiger partial charge in [0.15, 0.2) is 6.10 Å². The molecule has 0 aromatic heterocycles. The van der Waals surface area contributed by atoms with E-state index >= 15 is 0 Å². The SMILES string of the molecule is CC[C@@H](Oc1cc(C)cc(C)c1)C(=O)Nc1ccc(F)cc1F. The Balaban J connectivity index is 2.12. The summed E-state index contributed by atoms with van der Waals surface area (Å²) in [6, 6.07) is 8.67. The predicted octanol–water partition coefficient (Wildman–Crippen LogP) is 4.38. The highest BCUT2D eigenvalue weighted by Crippen LogP contribution is 2.20. The first-order chi connectivity index (χ1) is 10.9. The third-order valence-corrected chi connectivity index (χ3v) is 3.33. The van der Waals surface area contributed by atoms with Crippen LogP contribution in [-0.2, 0) is 4.79 Å².